The average Bonchev–Trinajstić information content (AvgIpc) is 3.57. The zero-order valence-electron chi connectivity index (χ0n) is 21.6. The lowest BCUT2D eigenvalue weighted by atomic mass is 10.1. The molecule has 3 aromatic rings. The summed E-state index contributed by atoms with van der Waals surface area (Å²) in [4.78, 5) is 30.4. The van der Waals surface area contributed by atoms with Gasteiger partial charge in [0.15, 0.2) is 11.5 Å². The number of benzene rings is 2. The van der Waals surface area contributed by atoms with Gasteiger partial charge in [0.05, 0.1) is 57.4 Å². The highest BCUT2D eigenvalue weighted by atomic mass is 16.5. The van der Waals surface area contributed by atoms with E-state index in [9.17, 15) is 9.59 Å². The zero-order valence-corrected chi connectivity index (χ0v) is 21.6. The molecule has 12 heteroatoms. The van der Waals surface area contributed by atoms with Crippen molar-refractivity contribution in [3.05, 3.63) is 59.9 Å². The Morgan fingerprint density at radius 3 is 2.85 bits per heavy atom. The predicted octanol–water partition coefficient (Wildman–Crippen LogP) is 1.10. The van der Waals surface area contributed by atoms with Crippen molar-refractivity contribution in [1.82, 2.24) is 25.2 Å². The first-order valence-corrected chi connectivity index (χ1v) is 12.9. The first-order chi connectivity index (χ1) is 19.1. The average molecular weight is 535 g/mol. The molecule has 1 fully saturated rings. The van der Waals surface area contributed by atoms with Gasteiger partial charge in [-0.3, -0.25) is 14.5 Å². The van der Waals surface area contributed by atoms with Crippen molar-refractivity contribution in [3.63, 3.8) is 0 Å². The van der Waals surface area contributed by atoms with Crippen molar-refractivity contribution in [3.8, 4) is 17.2 Å². The van der Waals surface area contributed by atoms with E-state index in [0.29, 0.717) is 67.9 Å². The van der Waals surface area contributed by atoms with Crippen molar-refractivity contribution in [2.75, 3.05) is 51.4 Å². The summed E-state index contributed by atoms with van der Waals surface area (Å²) < 4.78 is 24.9. The number of carbonyl (C=O) groups excluding carboxylic acids is 2. The largest absolute Gasteiger partial charge is 0.493 e. The van der Waals surface area contributed by atoms with Crippen LogP contribution in [0.15, 0.2) is 48.7 Å². The molecule has 2 aromatic carbocycles. The second-order valence-electron chi connectivity index (χ2n) is 9.67. The van der Waals surface area contributed by atoms with E-state index in [2.05, 4.69) is 15.6 Å². The summed E-state index contributed by atoms with van der Waals surface area (Å²) in [5.74, 6) is 1.42. The number of carbonyl (C=O) groups is 2. The van der Waals surface area contributed by atoms with E-state index >= 15 is 0 Å². The molecule has 6 rings (SSSR count). The highest BCUT2D eigenvalue weighted by Crippen LogP contribution is 2.31. The van der Waals surface area contributed by atoms with Crippen LogP contribution in [0.25, 0.3) is 0 Å². The summed E-state index contributed by atoms with van der Waals surface area (Å²) >= 11 is 0. The van der Waals surface area contributed by atoms with E-state index in [0.717, 1.165) is 5.69 Å². The Labute approximate surface area is 225 Å². The molecule has 1 saturated heterocycles. The number of hydrogen-bond donors (Lipinski definition) is 1. The third-order valence-corrected chi connectivity index (χ3v) is 7.08. The molecule has 0 saturated carbocycles. The van der Waals surface area contributed by atoms with Crippen molar-refractivity contribution in [1.29, 1.82) is 0 Å². The summed E-state index contributed by atoms with van der Waals surface area (Å²) in [7, 11) is 1.56. The maximum Gasteiger partial charge on any atom is 0.251 e. The number of aromatic nitrogens is 3. The summed E-state index contributed by atoms with van der Waals surface area (Å²) in [6.45, 7) is 3.10. The third kappa shape index (κ3) is 5.38. The van der Waals surface area contributed by atoms with Gasteiger partial charge in [-0.05, 0) is 30.3 Å². The van der Waals surface area contributed by atoms with Gasteiger partial charge in [0, 0.05) is 18.7 Å². The van der Waals surface area contributed by atoms with Crippen molar-refractivity contribution in [2.24, 2.45) is 0 Å². The zero-order chi connectivity index (χ0) is 26.8. The minimum atomic E-state index is -0.344. The fraction of sp³-hybridized carbons (Fsp3) is 0.407. The number of para-hydroxylation sites is 2. The topological polar surface area (TPSA) is 120 Å². The van der Waals surface area contributed by atoms with Gasteiger partial charge in [0.25, 0.3) is 5.91 Å². The molecule has 12 nitrogen and oxygen atoms in total. The maximum atomic E-state index is 13.3. The quantitative estimate of drug-likeness (QED) is 0.527. The molecule has 204 valence electrons. The van der Waals surface area contributed by atoms with E-state index in [1.54, 1.807) is 34.9 Å². The fourth-order valence-corrected chi connectivity index (χ4v) is 5.13. The van der Waals surface area contributed by atoms with Crippen LogP contribution in [0.5, 0.6) is 17.2 Å². The molecular formula is C27H30N6O6. The standard InChI is InChI=1S/C27H30N6O6/c1-36-23-7-6-18-12-24(23)38-10-8-32-13-19(29-30-32)17-39-25-15-31(14-20(25)28-27(18)35)16-26(34)33-9-11-37-22-5-3-2-4-21(22)33/h2-7,12-13,20,25H,8-11,14-17H2,1H3,(H,28,35)/t20-,25-/m0/s1. The van der Waals surface area contributed by atoms with Crippen LogP contribution >= 0.6 is 0 Å². The lowest BCUT2D eigenvalue weighted by molar-refractivity contribution is -0.119. The molecule has 2 amide bonds. The van der Waals surface area contributed by atoms with Crippen molar-refractivity contribution in [2.45, 2.75) is 25.3 Å². The Morgan fingerprint density at radius 1 is 1.10 bits per heavy atom. The molecule has 2 atom stereocenters. The van der Waals surface area contributed by atoms with Gasteiger partial charge < -0.3 is 29.2 Å². The molecule has 1 N–H and O–H groups in total. The van der Waals surface area contributed by atoms with Crippen molar-refractivity contribution >= 4 is 17.5 Å². The van der Waals surface area contributed by atoms with Crippen LogP contribution in [0, 0.1) is 0 Å². The minimum absolute atomic E-state index is 0.0292. The number of rotatable bonds is 3. The number of anilines is 1. The highest BCUT2D eigenvalue weighted by Gasteiger charge is 2.37. The van der Waals surface area contributed by atoms with Gasteiger partial charge in [-0.2, -0.15) is 0 Å². The molecule has 4 bridgehead atoms. The van der Waals surface area contributed by atoms with E-state index < -0.39 is 0 Å². The Morgan fingerprint density at radius 2 is 1.95 bits per heavy atom. The minimum Gasteiger partial charge on any atom is -0.493 e. The summed E-state index contributed by atoms with van der Waals surface area (Å²) in [6.07, 6.45) is 1.47. The molecule has 4 heterocycles. The van der Waals surface area contributed by atoms with Gasteiger partial charge in [-0.25, -0.2) is 4.68 Å². The van der Waals surface area contributed by atoms with Crippen LogP contribution in [-0.2, 0) is 22.7 Å². The number of nitrogens with zero attached hydrogens (tertiary/aromatic N) is 5. The molecule has 0 aliphatic carbocycles. The Hall–Kier alpha value is -4.16. The number of amides is 2. The van der Waals surface area contributed by atoms with Crippen LogP contribution in [0.3, 0.4) is 0 Å². The van der Waals surface area contributed by atoms with Gasteiger partial charge in [-0.15, -0.1) is 5.10 Å². The number of likely N-dealkylation sites (tertiary alicyclic amines) is 1. The summed E-state index contributed by atoms with van der Waals surface area (Å²) in [6, 6.07) is 12.3. The van der Waals surface area contributed by atoms with E-state index in [1.807, 2.05) is 35.4 Å². The van der Waals surface area contributed by atoms with Gasteiger partial charge in [-0.1, -0.05) is 17.3 Å². The molecular weight excluding hydrogens is 504 g/mol. The number of methoxy groups -OCH3 is 1. The molecule has 39 heavy (non-hydrogen) atoms. The first kappa shape index (κ1) is 25.1. The summed E-state index contributed by atoms with van der Waals surface area (Å²) in [5.41, 5.74) is 1.89. The Bertz CT molecular complexity index is 1360. The number of ether oxygens (including phenoxy) is 4. The van der Waals surface area contributed by atoms with Gasteiger partial charge in [0.2, 0.25) is 5.91 Å². The fourth-order valence-electron chi connectivity index (χ4n) is 5.13. The van der Waals surface area contributed by atoms with Gasteiger partial charge >= 0.3 is 0 Å². The molecule has 1 aromatic heterocycles. The second-order valence-corrected chi connectivity index (χ2v) is 9.67. The highest BCUT2D eigenvalue weighted by molar-refractivity contribution is 5.97. The van der Waals surface area contributed by atoms with E-state index in [-0.39, 0.29) is 37.1 Å². The maximum absolute atomic E-state index is 13.3. The van der Waals surface area contributed by atoms with Crippen LogP contribution in [0.4, 0.5) is 5.69 Å². The van der Waals surface area contributed by atoms with Crippen LogP contribution < -0.4 is 24.4 Å². The van der Waals surface area contributed by atoms with Crippen molar-refractivity contribution < 1.29 is 28.5 Å². The molecule has 0 unspecified atom stereocenters. The Kier molecular flexibility index (Phi) is 7.03. The number of fused-ring (bicyclic) bond motifs is 6. The SMILES string of the molecule is COc1ccc2cc1OCCn1cc(nn1)CO[C@H]1CN(CC(=O)N3CCOc4ccccc43)C[C@@H]1NC2=O. The smallest absolute Gasteiger partial charge is 0.251 e. The summed E-state index contributed by atoms with van der Waals surface area (Å²) in [5, 5.41) is 11.5. The first-order valence-electron chi connectivity index (χ1n) is 12.9. The monoisotopic (exact) mass is 534 g/mol. The van der Waals surface area contributed by atoms with Crippen LogP contribution in [-0.4, -0.2) is 90.4 Å². The normalized spacial score (nSPS) is 21.4. The van der Waals surface area contributed by atoms with E-state index in [1.165, 1.54) is 0 Å². The number of hydrogen-bond acceptors (Lipinski definition) is 9. The van der Waals surface area contributed by atoms with E-state index in [4.69, 9.17) is 18.9 Å². The second kappa shape index (κ2) is 10.9. The Balaban J connectivity index is 1.21. The third-order valence-electron chi connectivity index (χ3n) is 7.08. The lowest BCUT2D eigenvalue weighted by Crippen LogP contribution is -2.45. The predicted molar refractivity (Wildman–Crippen MR) is 139 cm³/mol. The number of nitrogens with one attached hydrogen (secondary N) is 1. The molecule has 0 spiro atoms. The molecule has 3 aliphatic heterocycles. The molecule has 3 aliphatic rings. The molecule has 0 radical (unpaired) electrons. The van der Waals surface area contributed by atoms with Crippen LogP contribution in [0.2, 0.25) is 0 Å². The lowest BCUT2D eigenvalue weighted by Gasteiger charge is -2.30. The van der Waals surface area contributed by atoms with Gasteiger partial charge in [0.1, 0.15) is 24.7 Å². The van der Waals surface area contributed by atoms with Crippen LogP contribution in [0.1, 0.15) is 16.1 Å².